The Labute approximate surface area is 220 Å². The zero-order valence-corrected chi connectivity index (χ0v) is 20.5. The number of nitriles is 1. The summed E-state index contributed by atoms with van der Waals surface area (Å²) in [6.45, 7) is 1.34. The van der Waals surface area contributed by atoms with Crippen LogP contribution in [0.25, 0.3) is 5.57 Å². The summed E-state index contributed by atoms with van der Waals surface area (Å²) in [5, 5.41) is 36.4. The van der Waals surface area contributed by atoms with Gasteiger partial charge in [0.1, 0.15) is 23.4 Å². The fourth-order valence-electron chi connectivity index (χ4n) is 4.12. The van der Waals surface area contributed by atoms with E-state index in [-0.39, 0.29) is 24.4 Å². The van der Waals surface area contributed by atoms with Crippen LogP contribution in [0.2, 0.25) is 0 Å². The highest BCUT2D eigenvalue weighted by Crippen LogP contribution is 2.43. The number of carboxylic acids is 1. The van der Waals surface area contributed by atoms with Gasteiger partial charge in [-0.3, -0.25) is 9.78 Å². The summed E-state index contributed by atoms with van der Waals surface area (Å²) < 4.78 is 45.8. The number of fused-ring (bicyclic) bond motifs is 1. The number of benzene rings is 1. The zero-order chi connectivity index (χ0) is 28.9. The first-order valence-electron chi connectivity index (χ1n) is 11.5. The third kappa shape index (κ3) is 6.95. The molecule has 2 heterocycles. The van der Waals surface area contributed by atoms with E-state index in [0.29, 0.717) is 28.0 Å². The van der Waals surface area contributed by atoms with Crippen LogP contribution in [-0.4, -0.2) is 62.4 Å². The number of hydrogen-bond acceptors (Lipinski definition) is 7. The van der Waals surface area contributed by atoms with Gasteiger partial charge in [0.25, 0.3) is 0 Å². The predicted molar refractivity (Wildman–Crippen MR) is 130 cm³/mol. The number of halogens is 4. The van der Waals surface area contributed by atoms with Crippen molar-refractivity contribution in [3.05, 3.63) is 94.4 Å². The minimum atomic E-state index is -5.08. The summed E-state index contributed by atoms with van der Waals surface area (Å²) >= 11 is 0. The highest BCUT2D eigenvalue weighted by atomic mass is 19.4. The Hall–Kier alpha value is -4.34. The van der Waals surface area contributed by atoms with E-state index in [1.54, 1.807) is 30.5 Å². The van der Waals surface area contributed by atoms with Gasteiger partial charge in [-0.1, -0.05) is 24.3 Å². The van der Waals surface area contributed by atoms with Crippen LogP contribution >= 0.6 is 0 Å². The molecule has 1 aliphatic carbocycles. The molecule has 2 unspecified atom stereocenters. The molecular formula is C27H23F4N3O5. The lowest BCUT2D eigenvalue weighted by Gasteiger charge is -2.34. The molecule has 1 aromatic heterocycles. The minimum Gasteiger partial charge on any atom is -0.475 e. The number of aryl methyl sites for hydroxylation is 1. The molecule has 3 N–H and O–H groups in total. The molecular weight excluding hydrogens is 522 g/mol. The third-order valence-corrected chi connectivity index (χ3v) is 5.80. The van der Waals surface area contributed by atoms with Gasteiger partial charge in [-0.25, -0.2) is 9.18 Å². The van der Waals surface area contributed by atoms with Crippen molar-refractivity contribution in [2.75, 3.05) is 13.2 Å². The minimum absolute atomic E-state index is 0.0357. The Morgan fingerprint density at radius 3 is 2.49 bits per heavy atom. The lowest BCUT2D eigenvalue weighted by atomic mass is 9.77. The average Bonchev–Trinajstić information content (AvgIpc) is 2.87. The van der Waals surface area contributed by atoms with Crippen molar-refractivity contribution in [1.29, 1.82) is 5.26 Å². The number of rotatable bonds is 5. The Morgan fingerprint density at radius 1 is 1.26 bits per heavy atom. The van der Waals surface area contributed by atoms with E-state index >= 15 is 0 Å². The van der Waals surface area contributed by atoms with Crippen LogP contribution in [0, 0.1) is 24.1 Å². The highest BCUT2D eigenvalue weighted by Gasteiger charge is 2.38. The molecule has 1 aromatic carbocycles. The zero-order valence-electron chi connectivity index (χ0n) is 20.5. The van der Waals surface area contributed by atoms with E-state index in [9.17, 15) is 37.8 Å². The third-order valence-electron chi connectivity index (χ3n) is 5.80. The van der Waals surface area contributed by atoms with Gasteiger partial charge in [-0.15, -0.1) is 0 Å². The molecule has 1 aliphatic heterocycles. The number of aliphatic hydroxyl groups is 2. The summed E-state index contributed by atoms with van der Waals surface area (Å²) in [7, 11) is 0. The standard InChI is InChI=1S/C25H22FN3O3.C2HF3O2/c1-15-4-2-7-22(28-15)21-10-20-17(9-24(21)32)12-29(13-19(31)14-30)23(11-27)25(20)16-5-3-6-18(26)8-16;3-2(4,5)1(6)7/h2-8,10,12,19,21,30-31H,9,13-14H2,1H3;(H,6,7). The van der Waals surface area contributed by atoms with Crippen LogP contribution in [0.15, 0.2) is 71.6 Å². The van der Waals surface area contributed by atoms with Crippen molar-refractivity contribution >= 4 is 17.3 Å². The molecule has 4 rings (SSSR count). The molecule has 0 radical (unpaired) electrons. The molecule has 0 bridgehead atoms. The number of pyridine rings is 1. The van der Waals surface area contributed by atoms with Crippen molar-refractivity contribution in [3.8, 4) is 6.07 Å². The second-order valence-corrected chi connectivity index (χ2v) is 8.70. The fourth-order valence-corrected chi connectivity index (χ4v) is 4.12. The molecule has 2 atom stereocenters. The van der Waals surface area contributed by atoms with Crippen molar-refractivity contribution in [1.82, 2.24) is 9.88 Å². The number of carboxylic acid groups (broad SMARTS) is 1. The normalized spacial score (nSPS) is 17.7. The van der Waals surface area contributed by atoms with Gasteiger partial charge in [0, 0.05) is 23.9 Å². The molecule has 8 nitrogen and oxygen atoms in total. The first kappa shape index (κ1) is 29.2. The predicted octanol–water partition coefficient (Wildman–Crippen LogP) is 3.63. The van der Waals surface area contributed by atoms with Crippen molar-refractivity contribution in [3.63, 3.8) is 0 Å². The maximum absolute atomic E-state index is 14.1. The Kier molecular flexibility index (Phi) is 9.00. The average molecular weight is 545 g/mol. The Morgan fingerprint density at radius 2 is 1.92 bits per heavy atom. The number of aromatic nitrogens is 1. The van der Waals surface area contributed by atoms with E-state index in [1.807, 2.05) is 19.1 Å². The van der Waals surface area contributed by atoms with E-state index < -0.39 is 36.6 Å². The van der Waals surface area contributed by atoms with E-state index in [0.717, 1.165) is 5.69 Å². The second kappa shape index (κ2) is 12.0. The highest BCUT2D eigenvalue weighted by molar-refractivity contribution is 5.99. The molecule has 0 amide bonds. The first-order chi connectivity index (χ1) is 18.3. The van der Waals surface area contributed by atoms with Gasteiger partial charge < -0.3 is 20.2 Å². The van der Waals surface area contributed by atoms with Gasteiger partial charge in [0.05, 0.1) is 30.9 Å². The Bertz CT molecular complexity index is 1410. The van der Waals surface area contributed by atoms with Crippen molar-refractivity contribution in [2.45, 2.75) is 31.5 Å². The number of Topliss-reactive ketones (excluding diaryl/α,β-unsaturated/α-hetero) is 1. The van der Waals surface area contributed by atoms with Crippen LogP contribution in [0.4, 0.5) is 17.6 Å². The van der Waals surface area contributed by atoms with Crippen LogP contribution in [0.3, 0.4) is 0 Å². The number of β-amino-alcohol motifs (C(OH)–C–C–N with tert-alkyl or cyclic N) is 1. The molecule has 12 heteroatoms. The number of aliphatic carboxylic acids is 1. The smallest absolute Gasteiger partial charge is 0.475 e. The SMILES string of the molecule is Cc1cccc(C2C=C3C(=CN(CC(O)CO)C(C#N)=C3c3cccc(F)c3)CC2=O)n1.O=C(O)C(F)(F)F. The number of alkyl halides is 3. The summed E-state index contributed by atoms with van der Waals surface area (Å²) in [4.78, 5) is 27.9. The van der Waals surface area contributed by atoms with Gasteiger partial charge in [0.2, 0.25) is 0 Å². The lowest BCUT2D eigenvalue weighted by molar-refractivity contribution is -0.192. The van der Waals surface area contributed by atoms with Gasteiger partial charge in [-0.05, 0) is 47.9 Å². The maximum atomic E-state index is 14.1. The number of carbonyl (C=O) groups is 2. The van der Waals surface area contributed by atoms with Gasteiger partial charge in [-0.2, -0.15) is 18.4 Å². The van der Waals surface area contributed by atoms with Crippen molar-refractivity contribution < 1.29 is 42.5 Å². The number of carbonyl (C=O) groups excluding carboxylic acids is 1. The van der Waals surface area contributed by atoms with Gasteiger partial charge >= 0.3 is 12.1 Å². The van der Waals surface area contributed by atoms with Crippen molar-refractivity contribution in [2.24, 2.45) is 0 Å². The van der Waals surface area contributed by atoms with Crippen LogP contribution in [-0.2, 0) is 9.59 Å². The summed E-state index contributed by atoms with van der Waals surface area (Å²) in [5.41, 5.74) is 3.95. The monoisotopic (exact) mass is 545 g/mol. The van der Waals surface area contributed by atoms with Crippen LogP contribution in [0.1, 0.15) is 29.3 Å². The molecule has 204 valence electrons. The molecule has 2 aromatic rings. The van der Waals surface area contributed by atoms with Gasteiger partial charge in [0.15, 0.2) is 0 Å². The summed E-state index contributed by atoms with van der Waals surface area (Å²) in [5.74, 6) is -3.83. The number of nitrogens with zero attached hydrogens (tertiary/aromatic N) is 3. The molecule has 0 saturated heterocycles. The number of hydrogen-bond donors (Lipinski definition) is 3. The first-order valence-corrected chi connectivity index (χ1v) is 11.5. The molecule has 39 heavy (non-hydrogen) atoms. The molecule has 0 spiro atoms. The molecule has 0 fully saturated rings. The maximum Gasteiger partial charge on any atom is 0.490 e. The van der Waals surface area contributed by atoms with E-state index in [2.05, 4.69) is 11.1 Å². The van der Waals surface area contributed by atoms with E-state index in [1.165, 1.54) is 17.0 Å². The topological polar surface area (TPSA) is 135 Å². The molecule has 2 aliphatic rings. The number of ketones is 1. The largest absolute Gasteiger partial charge is 0.490 e. The van der Waals surface area contributed by atoms with Crippen LogP contribution in [0.5, 0.6) is 0 Å². The fraction of sp³-hybridized carbons (Fsp3) is 0.259. The quantitative estimate of drug-likeness (QED) is 0.485. The van der Waals surface area contributed by atoms with E-state index in [4.69, 9.17) is 9.90 Å². The summed E-state index contributed by atoms with van der Waals surface area (Å²) in [6, 6.07) is 13.6. The number of aliphatic hydroxyl groups excluding tert-OH is 2. The number of allylic oxidation sites excluding steroid dienone is 5. The molecule has 0 saturated carbocycles. The second-order valence-electron chi connectivity index (χ2n) is 8.70. The van der Waals surface area contributed by atoms with Crippen LogP contribution < -0.4 is 0 Å². The Balaban J connectivity index is 0.000000532. The lowest BCUT2D eigenvalue weighted by Crippen LogP contribution is -2.34. The summed E-state index contributed by atoms with van der Waals surface area (Å²) in [6.07, 6.45) is -2.62.